The van der Waals surface area contributed by atoms with Crippen LogP contribution in [0.25, 0.3) is 0 Å². The second-order valence-electron chi connectivity index (χ2n) is 6.01. The lowest BCUT2D eigenvalue weighted by Gasteiger charge is -2.36. The van der Waals surface area contributed by atoms with Crippen molar-refractivity contribution in [3.05, 3.63) is 0 Å². The highest BCUT2D eigenvalue weighted by Crippen LogP contribution is 2.24. The van der Waals surface area contributed by atoms with Gasteiger partial charge in [0.05, 0.1) is 19.3 Å². The number of likely N-dealkylation sites (N-methyl/N-ethyl adjacent to an activating group) is 1. The maximum absolute atomic E-state index is 12.9. The molecule has 2 amide bonds. The van der Waals surface area contributed by atoms with Crippen molar-refractivity contribution in [2.24, 2.45) is 5.92 Å². The minimum Gasteiger partial charge on any atom is -0.481 e. The first-order valence-corrected chi connectivity index (χ1v) is 7.94. The molecule has 2 fully saturated rings. The van der Waals surface area contributed by atoms with Crippen LogP contribution in [0.4, 0.5) is 4.79 Å². The SMILES string of the molecule is CCN(C(=O)N1CCCCCC1C)C1COCC1C(=O)O. The number of rotatable bonds is 3. The second-order valence-corrected chi connectivity index (χ2v) is 6.01. The van der Waals surface area contributed by atoms with Crippen molar-refractivity contribution in [3.8, 4) is 0 Å². The Hall–Kier alpha value is -1.30. The van der Waals surface area contributed by atoms with Crippen molar-refractivity contribution < 1.29 is 19.4 Å². The second kappa shape index (κ2) is 7.11. The molecule has 2 aliphatic heterocycles. The summed E-state index contributed by atoms with van der Waals surface area (Å²) in [5.41, 5.74) is 0. The molecule has 0 bridgehead atoms. The molecule has 0 aromatic heterocycles. The number of aliphatic carboxylic acids is 1. The van der Waals surface area contributed by atoms with Crippen LogP contribution in [-0.4, -0.2) is 65.3 Å². The largest absolute Gasteiger partial charge is 0.481 e. The van der Waals surface area contributed by atoms with Crippen LogP contribution in [0.5, 0.6) is 0 Å². The molecule has 1 N–H and O–H groups in total. The summed E-state index contributed by atoms with van der Waals surface area (Å²) in [7, 11) is 0. The van der Waals surface area contributed by atoms with Crippen molar-refractivity contribution >= 4 is 12.0 Å². The van der Waals surface area contributed by atoms with Crippen molar-refractivity contribution in [2.45, 2.75) is 51.6 Å². The summed E-state index contributed by atoms with van der Waals surface area (Å²) in [6.07, 6.45) is 4.36. The van der Waals surface area contributed by atoms with E-state index >= 15 is 0 Å². The number of nitrogens with zero attached hydrogens (tertiary/aromatic N) is 2. The van der Waals surface area contributed by atoms with Gasteiger partial charge < -0.3 is 19.6 Å². The van der Waals surface area contributed by atoms with Crippen molar-refractivity contribution in [2.75, 3.05) is 26.3 Å². The first-order chi connectivity index (χ1) is 10.1. The van der Waals surface area contributed by atoms with Crippen molar-refractivity contribution in [3.63, 3.8) is 0 Å². The van der Waals surface area contributed by atoms with Gasteiger partial charge in [0.2, 0.25) is 0 Å². The van der Waals surface area contributed by atoms with Crippen molar-refractivity contribution in [1.29, 1.82) is 0 Å². The Morgan fingerprint density at radius 1 is 1.29 bits per heavy atom. The van der Waals surface area contributed by atoms with Crippen LogP contribution in [0.15, 0.2) is 0 Å². The molecule has 6 heteroatoms. The number of urea groups is 1. The Balaban J connectivity index is 2.12. The minimum atomic E-state index is -0.882. The molecule has 2 heterocycles. The summed E-state index contributed by atoms with van der Waals surface area (Å²) < 4.78 is 5.31. The summed E-state index contributed by atoms with van der Waals surface area (Å²) >= 11 is 0. The fourth-order valence-corrected chi connectivity index (χ4v) is 3.32. The summed E-state index contributed by atoms with van der Waals surface area (Å²) in [6, 6.07) is -0.163. The summed E-state index contributed by atoms with van der Waals surface area (Å²) in [4.78, 5) is 27.8. The highest BCUT2D eigenvalue weighted by molar-refractivity contribution is 5.77. The smallest absolute Gasteiger partial charge is 0.320 e. The first-order valence-electron chi connectivity index (χ1n) is 7.94. The lowest BCUT2D eigenvalue weighted by molar-refractivity contribution is -0.142. The monoisotopic (exact) mass is 298 g/mol. The first kappa shape index (κ1) is 16.1. The van der Waals surface area contributed by atoms with E-state index in [0.29, 0.717) is 13.2 Å². The van der Waals surface area contributed by atoms with Gasteiger partial charge in [0.15, 0.2) is 0 Å². The van der Waals surface area contributed by atoms with E-state index in [-0.39, 0.29) is 24.7 Å². The Labute approximate surface area is 126 Å². The van der Waals surface area contributed by atoms with E-state index in [2.05, 4.69) is 6.92 Å². The van der Waals surface area contributed by atoms with Crippen LogP contribution in [0.2, 0.25) is 0 Å². The zero-order chi connectivity index (χ0) is 15.4. The van der Waals surface area contributed by atoms with E-state index in [1.54, 1.807) is 4.90 Å². The number of hydrogen-bond donors (Lipinski definition) is 1. The third-order valence-corrected chi connectivity index (χ3v) is 4.65. The van der Waals surface area contributed by atoms with Gasteiger partial charge in [-0.2, -0.15) is 0 Å². The predicted molar refractivity (Wildman–Crippen MR) is 78.1 cm³/mol. The molecule has 0 saturated carbocycles. The Kier molecular flexibility index (Phi) is 5.45. The van der Waals surface area contributed by atoms with E-state index in [0.717, 1.165) is 32.2 Å². The summed E-state index contributed by atoms with van der Waals surface area (Å²) in [6.45, 7) is 5.77. The average molecular weight is 298 g/mol. The van der Waals surface area contributed by atoms with E-state index < -0.39 is 11.9 Å². The molecular weight excluding hydrogens is 272 g/mol. The molecule has 0 aromatic carbocycles. The standard InChI is InChI=1S/C15H26N2O4/c1-3-16(13-10-21-9-12(13)14(18)19)15(20)17-8-6-4-5-7-11(17)2/h11-13H,3-10H2,1-2H3,(H,18,19). The topological polar surface area (TPSA) is 70.1 Å². The van der Waals surface area contributed by atoms with Gasteiger partial charge in [-0.25, -0.2) is 4.79 Å². The molecule has 0 spiro atoms. The van der Waals surface area contributed by atoms with Crippen LogP contribution in [0.1, 0.15) is 39.5 Å². The maximum atomic E-state index is 12.9. The molecule has 0 radical (unpaired) electrons. The van der Waals surface area contributed by atoms with Crippen LogP contribution in [-0.2, 0) is 9.53 Å². The zero-order valence-corrected chi connectivity index (χ0v) is 13.0. The lowest BCUT2D eigenvalue weighted by Crippen LogP contribution is -2.53. The van der Waals surface area contributed by atoms with Gasteiger partial charge in [-0.3, -0.25) is 4.79 Å². The fraction of sp³-hybridized carbons (Fsp3) is 0.867. The minimum absolute atomic E-state index is 0.0337. The van der Waals surface area contributed by atoms with E-state index in [1.165, 1.54) is 0 Å². The number of ether oxygens (including phenoxy) is 1. The van der Waals surface area contributed by atoms with E-state index in [1.807, 2.05) is 11.8 Å². The molecule has 2 rings (SSSR count). The van der Waals surface area contributed by atoms with Crippen LogP contribution >= 0.6 is 0 Å². The molecule has 2 saturated heterocycles. The van der Waals surface area contributed by atoms with Gasteiger partial charge in [0, 0.05) is 19.1 Å². The maximum Gasteiger partial charge on any atom is 0.320 e. The molecule has 3 unspecified atom stereocenters. The Bertz CT molecular complexity index is 388. The van der Waals surface area contributed by atoms with Gasteiger partial charge in [-0.05, 0) is 26.7 Å². The molecule has 0 aliphatic carbocycles. The number of hydrogen-bond acceptors (Lipinski definition) is 3. The van der Waals surface area contributed by atoms with Gasteiger partial charge in [-0.1, -0.05) is 12.8 Å². The van der Waals surface area contributed by atoms with Crippen LogP contribution < -0.4 is 0 Å². The molecular formula is C15H26N2O4. The number of carbonyl (C=O) groups excluding carboxylic acids is 1. The Morgan fingerprint density at radius 3 is 2.71 bits per heavy atom. The number of carbonyl (C=O) groups is 2. The van der Waals surface area contributed by atoms with E-state index in [4.69, 9.17) is 4.74 Å². The lowest BCUT2D eigenvalue weighted by atomic mass is 10.0. The van der Waals surface area contributed by atoms with Crippen LogP contribution in [0.3, 0.4) is 0 Å². The van der Waals surface area contributed by atoms with Gasteiger partial charge in [0.25, 0.3) is 0 Å². The van der Waals surface area contributed by atoms with Crippen LogP contribution in [0, 0.1) is 5.92 Å². The van der Waals surface area contributed by atoms with Gasteiger partial charge in [-0.15, -0.1) is 0 Å². The summed E-state index contributed by atoms with van der Waals surface area (Å²) in [5, 5.41) is 9.29. The normalized spacial score (nSPS) is 30.0. The molecule has 2 aliphatic rings. The van der Waals surface area contributed by atoms with E-state index in [9.17, 15) is 14.7 Å². The predicted octanol–water partition coefficient (Wildman–Crippen LogP) is 1.79. The fourth-order valence-electron chi connectivity index (χ4n) is 3.32. The zero-order valence-electron chi connectivity index (χ0n) is 13.0. The summed E-state index contributed by atoms with van der Waals surface area (Å²) in [5.74, 6) is -1.50. The third-order valence-electron chi connectivity index (χ3n) is 4.65. The molecule has 0 aromatic rings. The average Bonchev–Trinajstić information content (AvgIpc) is 2.82. The molecule has 6 nitrogen and oxygen atoms in total. The highest BCUT2D eigenvalue weighted by atomic mass is 16.5. The molecule has 120 valence electrons. The number of likely N-dealkylation sites (tertiary alicyclic amines) is 1. The van der Waals surface area contributed by atoms with Gasteiger partial charge >= 0.3 is 12.0 Å². The molecule has 3 atom stereocenters. The Morgan fingerprint density at radius 2 is 2.05 bits per heavy atom. The number of amides is 2. The highest BCUT2D eigenvalue weighted by Gasteiger charge is 2.41. The number of carboxylic acids is 1. The quantitative estimate of drug-likeness (QED) is 0.862. The van der Waals surface area contributed by atoms with Gasteiger partial charge in [0.1, 0.15) is 5.92 Å². The van der Waals surface area contributed by atoms with Crippen molar-refractivity contribution in [1.82, 2.24) is 9.80 Å². The number of carboxylic acid groups (broad SMARTS) is 1. The molecule has 21 heavy (non-hydrogen) atoms. The third kappa shape index (κ3) is 3.48.